The summed E-state index contributed by atoms with van der Waals surface area (Å²) in [6.07, 6.45) is 1.03. The van der Waals surface area contributed by atoms with Gasteiger partial charge in [0.1, 0.15) is 0 Å². The summed E-state index contributed by atoms with van der Waals surface area (Å²) in [6.45, 7) is 8.73. The van der Waals surface area contributed by atoms with Crippen LogP contribution in [0.5, 0.6) is 0 Å². The van der Waals surface area contributed by atoms with Gasteiger partial charge in [0.25, 0.3) is 0 Å². The molecule has 0 atom stereocenters. The molecule has 0 saturated heterocycles. The van der Waals surface area contributed by atoms with E-state index in [4.69, 9.17) is 4.98 Å². The second-order valence-corrected chi connectivity index (χ2v) is 5.49. The first kappa shape index (κ1) is 12.9. The average Bonchev–Trinajstić information content (AvgIpc) is 2.28. The quantitative estimate of drug-likeness (QED) is 0.876. The number of anilines is 1. The van der Waals surface area contributed by atoms with Gasteiger partial charge in [-0.15, -0.1) is 0 Å². The molecular formula is C16H22N2. The van der Waals surface area contributed by atoms with Crippen molar-refractivity contribution in [1.82, 2.24) is 4.98 Å². The van der Waals surface area contributed by atoms with Gasteiger partial charge in [-0.1, -0.05) is 25.5 Å². The second kappa shape index (κ2) is 4.97. The van der Waals surface area contributed by atoms with Gasteiger partial charge in [0, 0.05) is 23.8 Å². The highest BCUT2D eigenvalue weighted by Gasteiger charge is 2.09. The van der Waals surface area contributed by atoms with E-state index < -0.39 is 0 Å². The Bertz CT molecular complexity index is 571. The smallest absolute Gasteiger partial charge is 0.0755 e. The van der Waals surface area contributed by atoms with Crippen molar-refractivity contribution in [2.75, 3.05) is 12.4 Å². The van der Waals surface area contributed by atoms with Crippen LogP contribution in [0.15, 0.2) is 18.2 Å². The minimum absolute atomic E-state index is 0.630. The van der Waals surface area contributed by atoms with Gasteiger partial charge in [0.2, 0.25) is 0 Å². The summed E-state index contributed by atoms with van der Waals surface area (Å²) in [6, 6.07) is 6.59. The van der Waals surface area contributed by atoms with Crippen LogP contribution in [0, 0.1) is 19.8 Å². The molecule has 0 spiro atoms. The van der Waals surface area contributed by atoms with Gasteiger partial charge >= 0.3 is 0 Å². The normalized spacial score (nSPS) is 11.2. The fraction of sp³-hybridized carbons (Fsp3) is 0.438. The van der Waals surface area contributed by atoms with Crippen molar-refractivity contribution in [2.45, 2.75) is 34.1 Å². The lowest BCUT2D eigenvalue weighted by Gasteiger charge is -2.13. The minimum Gasteiger partial charge on any atom is -0.388 e. The summed E-state index contributed by atoms with van der Waals surface area (Å²) in [5, 5.41) is 4.52. The molecule has 2 heteroatoms. The highest BCUT2D eigenvalue weighted by molar-refractivity contribution is 5.93. The Morgan fingerprint density at radius 1 is 1.17 bits per heavy atom. The van der Waals surface area contributed by atoms with Crippen LogP contribution in [-0.2, 0) is 6.42 Å². The third-order valence-corrected chi connectivity index (χ3v) is 3.19. The van der Waals surface area contributed by atoms with Crippen molar-refractivity contribution in [3.8, 4) is 0 Å². The predicted molar refractivity (Wildman–Crippen MR) is 79.3 cm³/mol. The van der Waals surface area contributed by atoms with Crippen molar-refractivity contribution < 1.29 is 0 Å². The van der Waals surface area contributed by atoms with Crippen LogP contribution in [0.25, 0.3) is 10.9 Å². The molecule has 0 bridgehead atoms. The summed E-state index contributed by atoms with van der Waals surface area (Å²) < 4.78 is 0. The number of fused-ring (bicyclic) bond motifs is 1. The maximum absolute atomic E-state index is 4.82. The van der Waals surface area contributed by atoms with Crippen molar-refractivity contribution in [2.24, 2.45) is 5.92 Å². The first-order chi connectivity index (χ1) is 8.51. The van der Waals surface area contributed by atoms with E-state index in [2.05, 4.69) is 51.2 Å². The molecule has 0 aliphatic rings. The number of aryl methyl sites for hydroxylation is 2. The number of rotatable bonds is 3. The summed E-state index contributed by atoms with van der Waals surface area (Å²) >= 11 is 0. The average molecular weight is 242 g/mol. The lowest BCUT2D eigenvalue weighted by molar-refractivity contribution is 0.637. The third-order valence-electron chi connectivity index (χ3n) is 3.19. The fourth-order valence-corrected chi connectivity index (χ4v) is 2.46. The van der Waals surface area contributed by atoms with Gasteiger partial charge in [-0.05, 0) is 43.9 Å². The van der Waals surface area contributed by atoms with E-state index in [0.717, 1.165) is 11.9 Å². The molecule has 96 valence electrons. The molecule has 1 N–H and O–H groups in total. The van der Waals surface area contributed by atoms with E-state index in [1.54, 1.807) is 0 Å². The fourth-order valence-electron chi connectivity index (χ4n) is 2.46. The van der Waals surface area contributed by atoms with Crippen LogP contribution in [-0.4, -0.2) is 12.0 Å². The Kier molecular flexibility index (Phi) is 3.55. The van der Waals surface area contributed by atoms with E-state index in [9.17, 15) is 0 Å². The van der Waals surface area contributed by atoms with Crippen LogP contribution < -0.4 is 5.32 Å². The standard InChI is InChI=1S/C16H22N2/c1-10(2)6-13-9-15(17-5)14-8-11(3)7-12(4)16(14)18-13/h7-10H,6H2,1-5H3,(H,17,18). The first-order valence-corrected chi connectivity index (χ1v) is 6.60. The lowest BCUT2D eigenvalue weighted by atomic mass is 10.0. The Morgan fingerprint density at radius 3 is 2.50 bits per heavy atom. The Balaban J connectivity index is 2.67. The highest BCUT2D eigenvalue weighted by Crippen LogP contribution is 2.27. The number of hydrogen-bond acceptors (Lipinski definition) is 2. The first-order valence-electron chi connectivity index (χ1n) is 6.60. The van der Waals surface area contributed by atoms with Crippen molar-refractivity contribution in [3.05, 3.63) is 35.0 Å². The lowest BCUT2D eigenvalue weighted by Crippen LogP contribution is -2.01. The largest absolute Gasteiger partial charge is 0.388 e. The Morgan fingerprint density at radius 2 is 1.89 bits per heavy atom. The molecule has 2 rings (SSSR count). The zero-order valence-corrected chi connectivity index (χ0v) is 12.0. The maximum atomic E-state index is 4.82. The van der Waals surface area contributed by atoms with Gasteiger partial charge in [-0.25, -0.2) is 0 Å². The molecule has 0 saturated carbocycles. The second-order valence-electron chi connectivity index (χ2n) is 5.49. The van der Waals surface area contributed by atoms with Crippen molar-refractivity contribution in [3.63, 3.8) is 0 Å². The maximum Gasteiger partial charge on any atom is 0.0755 e. The highest BCUT2D eigenvalue weighted by atomic mass is 14.8. The van der Waals surface area contributed by atoms with E-state index in [1.165, 1.54) is 27.9 Å². The predicted octanol–water partition coefficient (Wildman–Crippen LogP) is 4.09. The van der Waals surface area contributed by atoms with Gasteiger partial charge in [-0.2, -0.15) is 0 Å². The van der Waals surface area contributed by atoms with E-state index in [0.29, 0.717) is 5.92 Å². The van der Waals surface area contributed by atoms with Crippen LogP contribution >= 0.6 is 0 Å². The molecule has 1 heterocycles. The van der Waals surface area contributed by atoms with Crippen LogP contribution in [0.4, 0.5) is 5.69 Å². The number of pyridine rings is 1. The van der Waals surface area contributed by atoms with Crippen LogP contribution in [0.1, 0.15) is 30.7 Å². The van der Waals surface area contributed by atoms with Gasteiger partial charge < -0.3 is 5.32 Å². The van der Waals surface area contributed by atoms with Gasteiger partial charge in [0.15, 0.2) is 0 Å². The molecule has 0 fully saturated rings. The third kappa shape index (κ3) is 2.47. The van der Waals surface area contributed by atoms with Crippen LogP contribution in [0.3, 0.4) is 0 Å². The number of aromatic nitrogens is 1. The Hall–Kier alpha value is -1.57. The van der Waals surface area contributed by atoms with E-state index in [-0.39, 0.29) is 0 Å². The number of hydrogen-bond donors (Lipinski definition) is 1. The molecule has 0 amide bonds. The zero-order valence-electron chi connectivity index (χ0n) is 12.0. The molecule has 0 unspecified atom stereocenters. The molecule has 0 aliphatic heterocycles. The summed E-state index contributed by atoms with van der Waals surface area (Å²) in [5.74, 6) is 0.630. The summed E-state index contributed by atoms with van der Waals surface area (Å²) in [7, 11) is 1.98. The topological polar surface area (TPSA) is 24.9 Å². The Labute approximate surface area is 109 Å². The van der Waals surface area contributed by atoms with Gasteiger partial charge in [-0.3, -0.25) is 4.98 Å². The summed E-state index contributed by atoms with van der Waals surface area (Å²) in [4.78, 5) is 4.82. The number of nitrogens with one attached hydrogen (secondary N) is 1. The van der Waals surface area contributed by atoms with Crippen molar-refractivity contribution >= 4 is 16.6 Å². The molecule has 2 nitrogen and oxygen atoms in total. The van der Waals surface area contributed by atoms with Crippen LogP contribution in [0.2, 0.25) is 0 Å². The molecule has 2 aromatic rings. The van der Waals surface area contributed by atoms with Crippen molar-refractivity contribution in [1.29, 1.82) is 0 Å². The molecule has 1 aromatic heterocycles. The molecule has 1 aromatic carbocycles. The monoisotopic (exact) mass is 242 g/mol. The minimum atomic E-state index is 0.630. The van der Waals surface area contributed by atoms with Gasteiger partial charge in [0.05, 0.1) is 5.52 Å². The number of benzene rings is 1. The molecule has 0 radical (unpaired) electrons. The van der Waals surface area contributed by atoms with E-state index >= 15 is 0 Å². The SMILES string of the molecule is CNc1cc(CC(C)C)nc2c(C)cc(C)cc12. The molecule has 18 heavy (non-hydrogen) atoms. The van der Waals surface area contributed by atoms with E-state index in [1.807, 2.05) is 7.05 Å². The molecular weight excluding hydrogens is 220 g/mol. The summed E-state index contributed by atoms with van der Waals surface area (Å²) in [5.41, 5.74) is 6.03. The zero-order chi connectivity index (χ0) is 13.3. The number of nitrogens with zero attached hydrogens (tertiary/aromatic N) is 1. The molecule has 0 aliphatic carbocycles.